The van der Waals surface area contributed by atoms with Crippen molar-refractivity contribution < 1.29 is 14.3 Å². The molecular formula is C20H25N3O3. The molecule has 1 fully saturated rings. The molecule has 3 rings (SSSR count). The van der Waals surface area contributed by atoms with Gasteiger partial charge in [0.1, 0.15) is 11.9 Å². The van der Waals surface area contributed by atoms with Crippen LogP contribution < -0.4 is 9.47 Å². The highest BCUT2D eigenvalue weighted by Crippen LogP contribution is 2.21. The Morgan fingerprint density at radius 3 is 2.77 bits per heavy atom. The number of piperidine rings is 1. The molecule has 1 aliphatic rings. The van der Waals surface area contributed by atoms with Gasteiger partial charge in [-0.15, -0.1) is 0 Å². The maximum Gasteiger partial charge on any atom is 0.316 e. The summed E-state index contributed by atoms with van der Waals surface area (Å²) in [4.78, 5) is 23.1. The van der Waals surface area contributed by atoms with E-state index in [0.717, 1.165) is 42.7 Å². The first kappa shape index (κ1) is 18.2. The molecule has 0 radical (unpaired) electrons. The lowest BCUT2D eigenvalue weighted by Gasteiger charge is -2.32. The lowest BCUT2D eigenvalue weighted by molar-refractivity contribution is -0.133. The average Bonchev–Trinajstić information content (AvgIpc) is 2.69. The van der Waals surface area contributed by atoms with Crippen molar-refractivity contribution in [2.45, 2.75) is 38.7 Å². The number of hydrogen-bond donors (Lipinski definition) is 0. The number of para-hydroxylation sites is 1. The number of aryl methyl sites for hydroxylation is 1. The predicted molar refractivity (Wildman–Crippen MR) is 98.3 cm³/mol. The molecule has 26 heavy (non-hydrogen) atoms. The highest BCUT2D eigenvalue weighted by atomic mass is 16.5. The second-order valence-corrected chi connectivity index (χ2v) is 6.44. The van der Waals surface area contributed by atoms with Crippen LogP contribution in [0.5, 0.6) is 11.8 Å². The molecule has 1 saturated heterocycles. The van der Waals surface area contributed by atoms with E-state index in [-0.39, 0.29) is 12.0 Å². The molecule has 1 aromatic heterocycles. The van der Waals surface area contributed by atoms with Crippen LogP contribution in [0.25, 0.3) is 0 Å². The monoisotopic (exact) mass is 355 g/mol. The first-order valence-corrected chi connectivity index (χ1v) is 9.06. The number of carbonyl (C=O) groups excluding carboxylic acids is 1. The first-order valence-electron chi connectivity index (χ1n) is 9.06. The van der Waals surface area contributed by atoms with E-state index < -0.39 is 0 Å². The average molecular weight is 355 g/mol. The molecule has 6 nitrogen and oxygen atoms in total. The highest BCUT2D eigenvalue weighted by Gasteiger charge is 2.26. The normalized spacial score (nSPS) is 17.0. The summed E-state index contributed by atoms with van der Waals surface area (Å²) >= 11 is 0. The summed E-state index contributed by atoms with van der Waals surface area (Å²) in [6, 6.07) is 8.01. The van der Waals surface area contributed by atoms with Crippen LogP contribution in [0, 0.1) is 0 Å². The minimum absolute atomic E-state index is 0.0714. The molecule has 6 heteroatoms. The fraction of sp³-hybridized carbons (Fsp3) is 0.450. The van der Waals surface area contributed by atoms with Gasteiger partial charge in [-0.2, -0.15) is 0 Å². The SMILES string of the molecule is CCc1cnc(OC2CCCN(C(=O)Cc3ccccc3OC)C2)nc1. The largest absolute Gasteiger partial charge is 0.496 e. The van der Waals surface area contributed by atoms with Crippen molar-refractivity contribution in [3.05, 3.63) is 47.8 Å². The molecule has 1 aromatic carbocycles. The summed E-state index contributed by atoms with van der Waals surface area (Å²) in [6.07, 6.45) is 6.55. The van der Waals surface area contributed by atoms with Gasteiger partial charge in [0.2, 0.25) is 5.91 Å². The third-order valence-corrected chi connectivity index (χ3v) is 4.63. The van der Waals surface area contributed by atoms with E-state index in [1.807, 2.05) is 29.2 Å². The maximum atomic E-state index is 12.7. The van der Waals surface area contributed by atoms with Gasteiger partial charge in [0.15, 0.2) is 0 Å². The van der Waals surface area contributed by atoms with Gasteiger partial charge in [0.05, 0.1) is 20.1 Å². The fourth-order valence-electron chi connectivity index (χ4n) is 3.12. The van der Waals surface area contributed by atoms with E-state index in [1.54, 1.807) is 19.5 Å². The quantitative estimate of drug-likeness (QED) is 0.797. The summed E-state index contributed by atoms with van der Waals surface area (Å²) in [7, 11) is 1.62. The van der Waals surface area contributed by atoms with Crippen LogP contribution in [-0.4, -0.2) is 47.1 Å². The molecule has 0 bridgehead atoms. The molecule has 0 spiro atoms. The Balaban J connectivity index is 1.59. The number of ether oxygens (including phenoxy) is 2. The number of rotatable bonds is 6. The Bertz CT molecular complexity index is 733. The zero-order valence-electron chi connectivity index (χ0n) is 15.4. The van der Waals surface area contributed by atoms with E-state index in [9.17, 15) is 4.79 Å². The first-order chi connectivity index (χ1) is 12.7. The topological polar surface area (TPSA) is 64.5 Å². The third-order valence-electron chi connectivity index (χ3n) is 4.63. The number of aromatic nitrogens is 2. The van der Waals surface area contributed by atoms with E-state index in [0.29, 0.717) is 19.0 Å². The zero-order valence-corrected chi connectivity index (χ0v) is 15.4. The van der Waals surface area contributed by atoms with E-state index >= 15 is 0 Å². The van der Waals surface area contributed by atoms with Gasteiger partial charge in [0, 0.05) is 24.5 Å². The van der Waals surface area contributed by atoms with Crippen LogP contribution in [0.2, 0.25) is 0 Å². The number of hydrogen-bond acceptors (Lipinski definition) is 5. The Hall–Kier alpha value is -2.63. The van der Waals surface area contributed by atoms with Crippen LogP contribution >= 0.6 is 0 Å². The summed E-state index contributed by atoms with van der Waals surface area (Å²) in [5.74, 6) is 0.833. The molecule has 1 aliphatic heterocycles. The Labute approximate surface area is 154 Å². The number of nitrogens with zero attached hydrogens (tertiary/aromatic N) is 3. The van der Waals surface area contributed by atoms with Crippen LogP contribution in [0.1, 0.15) is 30.9 Å². The number of carbonyl (C=O) groups is 1. The van der Waals surface area contributed by atoms with Crippen molar-refractivity contribution in [1.82, 2.24) is 14.9 Å². The van der Waals surface area contributed by atoms with Crippen molar-refractivity contribution in [2.24, 2.45) is 0 Å². The molecule has 138 valence electrons. The van der Waals surface area contributed by atoms with Gasteiger partial charge in [-0.3, -0.25) is 4.79 Å². The lowest BCUT2D eigenvalue weighted by atomic mass is 10.1. The molecule has 1 atom stereocenters. The number of likely N-dealkylation sites (tertiary alicyclic amines) is 1. The molecule has 1 amide bonds. The molecule has 0 N–H and O–H groups in total. The van der Waals surface area contributed by atoms with Crippen molar-refractivity contribution >= 4 is 5.91 Å². The minimum Gasteiger partial charge on any atom is -0.496 e. The van der Waals surface area contributed by atoms with Gasteiger partial charge in [-0.25, -0.2) is 9.97 Å². The predicted octanol–water partition coefficient (Wildman–Crippen LogP) is 2.66. The van der Waals surface area contributed by atoms with Gasteiger partial charge in [-0.05, 0) is 30.9 Å². The van der Waals surface area contributed by atoms with Gasteiger partial charge < -0.3 is 14.4 Å². The summed E-state index contributed by atoms with van der Waals surface area (Å²) in [6.45, 7) is 3.38. The third kappa shape index (κ3) is 4.50. The minimum atomic E-state index is -0.0714. The molecule has 2 aromatic rings. The van der Waals surface area contributed by atoms with Crippen molar-refractivity contribution in [3.63, 3.8) is 0 Å². The highest BCUT2D eigenvalue weighted by molar-refractivity contribution is 5.79. The summed E-state index contributed by atoms with van der Waals surface area (Å²) in [5.41, 5.74) is 1.98. The number of benzene rings is 1. The van der Waals surface area contributed by atoms with Crippen molar-refractivity contribution in [1.29, 1.82) is 0 Å². The van der Waals surface area contributed by atoms with Gasteiger partial charge >= 0.3 is 6.01 Å². The molecule has 2 heterocycles. The molecule has 0 aliphatic carbocycles. The maximum absolute atomic E-state index is 12.7. The smallest absolute Gasteiger partial charge is 0.316 e. The summed E-state index contributed by atoms with van der Waals surface area (Å²) < 4.78 is 11.2. The standard InChI is InChI=1S/C20H25N3O3/c1-3-15-12-21-20(22-13-15)26-17-8-6-10-23(14-17)19(24)11-16-7-4-5-9-18(16)25-2/h4-5,7,9,12-13,17H,3,6,8,10-11,14H2,1-2H3. The zero-order chi connectivity index (χ0) is 18.4. The van der Waals surface area contributed by atoms with Crippen molar-refractivity contribution in [3.8, 4) is 11.8 Å². The second-order valence-electron chi connectivity index (χ2n) is 6.44. The van der Waals surface area contributed by atoms with E-state index in [4.69, 9.17) is 9.47 Å². The summed E-state index contributed by atoms with van der Waals surface area (Å²) in [5, 5.41) is 0. The van der Waals surface area contributed by atoms with E-state index in [2.05, 4.69) is 16.9 Å². The molecular weight excluding hydrogens is 330 g/mol. The van der Waals surface area contributed by atoms with Gasteiger partial charge in [0.25, 0.3) is 0 Å². The van der Waals surface area contributed by atoms with Gasteiger partial charge in [-0.1, -0.05) is 25.1 Å². The fourth-order valence-corrected chi connectivity index (χ4v) is 3.12. The Morgan fingerprint density at radius 2 is 2.04 bits per heavy atom. The Kier molecular flexibility index (Phi) is 6.04. The number of methoxy groups -OCH3 is 1. The lowest BCUT2D eigenvalue weighted by Crippen LogP contribution is -2.45. The van der Waals surface area contributed by atoms with Crippen LogP contribution in [0.3, 0.4) is 0 Å². The molecule has 0 saturated carbocycles. The molecule has 1 unspecified atom stereocenters. The van der Waals surface area contributed by atoms with Crippen molar-refractivity contribution in [2.75, 3.05) is 20.2 Å². The number of amides is 1. The van der Waals surface area contributed by atoms with Crippen LogP contribution in [0.15, 0.2) is 36.7 Å². The van der Waals surface area contributed by atoms with E-state index in [1.165, 1.54) is 0 Å². The van der Waals surface area contributed by atoms with Crippen LogP contribution in [-0.2, 0) is 17.6 Å². The Morgan fingerprint density at radius 1 is 1.27 bits per heavy atom. The second kappa shape index (κ2) is 8.65. The van der Waals surface area contributed by atoms with Crippen LogP contribution in [0.4, 0.5) is 0 Å².